The van der Waals surface area contributed by atoms with E-state index >= 15 is 0 Å². The van der Waals surface area contributed by atoms with Crippen LogP contribution in [-0.2, 0) is 59.3 Å². The van der Waals surface area contributed by atoms with Crippen LogP contribution in [0.5, 0.6) is 28.7 Å². The van der Waals surface area contributed by atoms with Gasteiger partial charge in [-0.15, -0.1) is 0 Å². The second-order valence-corrected chi connectivity index (χ2v) is 19.2. The molecule has 0 unspecified atom stereocenters. The molecule has 5 aromatic rings. The van der Waals surface area contributed by atoms with Crippen molar-refractivity contribution in [2.75, 3.05) is 63.4 Å². The number of hydrogen-bond acceptors (Lipinski definition) is 22. The zero-order valence-electron chi connectivity index (χ0n) is 42.2. The van der Waals surface area contributed by atoms with Crippen molar-refractivity contribution in [2.24, 2.45) is 0 Å². The monoisotopic (exact) mass is 1070 g/mol. The molecule has 4 aliphatic rings. The van der Waals surface area contributed by atoms with E-state index in [9.17, 15) is 54.5 Å². The second kappa shape index (κ2) is 25.4. The predicted octanol–water partition coefficient (Wildman–Crippen LogP) is 1.53. The molecular weight excluding hydrogens is 1020 g/mol. The lowest BCUT2D eigenvalue weighted by Gasteiger charge is -2.36. The number of Topliss-reactive ketones (excluding diaryl/α,β-unsaturated/α-hetero) is 1. The molecule has 1 aliphatic carbocycles. The van der Waals surface area contributed by atoms with Crippen LogP contribution >= 0.6 is 11.8 Å². The lowest BCUT2D eigenvalue weighted by Crippen LogP contribution is -2.40. The first-order valence-electron chi connectivity index (χ1n) is 24.1. The number of anilines is 1. The molecule has 9 rings (SSSR count). The fourth-order valence-corrected chi connectivity index (χ4v) is 9.50. The second-order valence-electron chi connectivity index (χ2n) is 18.3. The fourth-order valence-electron chi connectivity index (χ4n) is 8.78. The molecule has 21 nitrogen and oxygen atoms in total. The standard InChI is InChI=1S/C20H16O7.C18H18O7.C17H21N3O4S/c1-12-7-15(13-5-3-2-4-6-13)20-16(26-11-19(23)24)8-14(9-17(20)27-12)25-10-18(21)22;1-10(19)8-23-11-6-14(24-9-16(20)21)17-12-4-2-3-5-13(12)18(22)25-15(17)7-11;1-17(2)7-11-12(8-18)16(25-10-14(21)22)19-15(13(11)9-24-17)20-3-5-23-6-4-20/h2-9H,1,10-11H2,(H,21,22)(H,23,24);6-7H,2-5,8-9H2,1H3,(H,20,21);3-7,9-10H2,1-2H3,(H,21,22)/p-4. The quantitative estimate of drug-likeness (QED) is 0.0941. The van der Waals surface area contributed by atoms with Gasteiger partial charge in [-0.05, 0) is 69.2 Å². The summed E-state index contributed by atoms with van der Waals surface area (Å²) in [5.74, 6) is -3.58. The van der Waals surface area contributed by atoms with Gasteiger partial charge in [0.25, 0.3) is 0 Å². The topological polar surface area (TPSA) is 312 Å². The van der Waals surface area contributed by atoms with Crippen molar-refractivity contribution in [3.05, 3.63) is 122 Å². The number of carbonyl (C=O) groups excluding carboxylic acids is 5. The van der Waals surface area contributed by atoms with E-state index in [4.69, 9.17) is 37.6 Å². The van der Waals surface area contributed by atoms with Crippen LogP contribution in [0.3, 0.4) is 0 Å². The van der Waals surface area contributed by atoms with Crippen LogP contribution in [0.15, 0.2) is 87.2 Å². The van der Waals surface area contributed by atoms with Gasteiger partial charge in [-0.3, -0.25) is 4.79 Å². The molecule has 77 heavy (non-hydrogen) atoms. The van der Waals surface area contributed by atoms with Gasteiger partial charge in [0, 0.05) is 66.2 Å². The van der Waals surface area contributed by atoms with Crippen molar-refractivity contribution in [1.82, 2.24) is 4.98 Å². The Morgan fingerprint density at radius 3 is 2.08 bits per heavy atom. The Balaban J connectivity index is 0.000000168. The molecule has 5 heterocycles. The van der Waals surface area contributed by atoms with Gasteiger partial charge in [0.1, 0.15) is 83.4 Å². The minimum atomic E-state index is -1.41. The van der Waals surface area contributed by atoms with E-state index in [0.717, 1.165) is 52.7 Å². The molecule has 0 saturated carbocycles. The van der Waals surface area contributed by atoms with Crippen LogP contribution in [0.2, 0.25) is 0 Å². The maximum atomic E-state index is 12.2. The number of morpholine rings is 1. The van der Waals surface area contributed by atoms with Crippen molar-refractivity contribution in [3.63, 3.8) is 0 Å². The zero-order valence-corrected chi connectivity index (χ0v) is 43.0. The maximum absolute atomic E-state index is 12.2. The average Bonchev–Trinajstić information content (AvgIpc) is 3.40. The third-order valence-electron chi connectivity index (χ3n) is 12.0. The Morgan fingerprint density at radius 1 is 0.805 bits per heavy atom. The number of benzene rings is 3. The molecule has 3 aromatic carbocycles. The lowest BCUT2D eigenvalue weighted by molar-refractivity contribution is -0.308. The number of nitriles is 1. The van der Waals surface area contributed by atoms with Crippen molar-refractivity contribution in [3.8, 4) is 34.8 Å². The van der Waals surface area contributed by atoms with Crippen molar-refractivity contribution < 1.29 is 82.0 Å². The molecule has 0 radical (unpaired) electrons. The number of carboxylic acid groups (broad SMARTS) is 4. The van der Waals surface area contributed by atoms with E-state index in [2.05, 4.69) is 22.5 Å². The van der Waals surface area contributed by atoms with Gasteiger partial charge in [0.15, 0.2) is 5.78 Å². The number of nitrogens with zero attached hydrogens (tertiary/aromatic N) is 3. The number of carboxylic acids is 4. The van der Waals surface area contributed by atoms with Crippen LogP contribution < -0.4 is 54.6 Å². The van der Waals surface area contributed by atoms with Gasteiger partial charge in [-0.2, -0.15) is 5.26 Å². The number of rotatable bonds is 17. The third kappa shape index (κ3) is 14.7. The van der Waals surface area contributed by atoms with E-state index in [1.807, 2.05) is 44.2 Å². The molecule has 0 bridgehead atoms. The number of aromatic nitrogens is 1. The third-order valence-corrected chi connectivity index (χ3v) is 13.0. The smallest absolute Gasteiger partial charge is 0.339 e. The largest absolute Gasteiger partial charge is 0.549 e. The Hall–Kier alpha value is -8.39. The average molecular weight is 1070 g/mol. The molecule has 404 valence electrons. The van der Waals surface area contributed by atoms with Crippen molar-refractivity contribution in [1.29, 1.82) is 5.26 Å². The molecule has 22 heteroatoms. The number of thioether (sulfide) groups is 1. The Bertz CT molecular complexity index is 3230. The highest BCUT2D eigenvalue weighted by molar-refractivity contribution is 7.99. The molecule has 0 amide bonds. The Kier molecular flexibility index (Phi) is 18.6. The maximum Gasteiger partial charge on any atom is 0.339 e. The summed E-state index contributed by atoms with van der Waals surface area (Å²) in [5.41, 5.74) is 5.23. The van der Waals surface area contributed by atoms with Crippen LogP contribution in [0.25, 0.3) is 16.5 Å². The highest BCUT2D eigenvalue weighted by atomic mass is 32.2. The molecule has 1 fully saturated rings. The number of allylic oxidation sites excluding steroid dienone is 1. The number of ketones is 1. The number of aliphatic carboxylic acids is 4. The van der Waals surface area contributed by atoms with Gasteiger partial charge in [0.05, 0.1) is 65.8 Å². The minimum Gasteiger partial charge on any atom is -0.549 e. The molecule has 2 aromatic heterocycles. The first-order chi connectivity index (χ1) is 36.8. The number of aryl methyl sites for hydroxylation is 1. The van der Waals surface area contributed by atoms with Crippen LogP contribution in [-0.4, -0.2) is 98.7 Å². The Morgan fingerprint density at radius 2 is 1.43 bits per heavy atom. The van der Waals surface area contributed by atoms with Crippen molar-refractivity contribution in [2.45, 2.75) is 70.1 Å². The number of pyridine rings is 1. The van der Waals surface area contributed by atoms with E-state index in [1.165, 1.54) is 31.2 Å². The predicted molar refractivity (Wildman–Crippen MR) is 267 cm³/mol. The first-order valence-corrected chi connectivity index (χ1v) is 25.1. The van der Waals surface area contributed by atoms with Gasteiger partial charge in [0.2, 0.25) is 0 Å². The minimum absolute atomic E-state index is 0.119. The summed E-state index contributed by atoms with van der Waals surface area (Å²) >= 11 is 1.04. The van der Waals surface area contributed by atoms with Gasteiger partial charge in [-0.1, -0.05) is 48.7 Å². The van der Waals surface area contributed by atoms with Crippen LogP contribution in [0.4, 0.5) is 5.82 Å². The Labute approximate surface area is 445 Å². The highest BCUT2D eigenvalue weighted by Gasteiger charge is 2.34. The van der Waals surface area contributed by atoms with Gasteiger partial charge >= 0.3 is 5.63 Å². The van der Waals surface area contributed by atoms with Crippen LogP contribution in [0, 0.1) is 11.3 Å². The SMILES string of the molecule is C=C1C=C(c2ccccc2)c2c(OCC(=O)[O-])cc(OCC(=O)[O-])cc2O1.CC(=O)COc1cc(OCC(=O)[O-])c2c3c(c(=O)oc2c1)CCCC3.CC1(C)Cc2c(C#N)c(SCC(=O)[O-])nc(N3CCOCC3)c2CO1. The molecule has 0 atom stereocenters. The van der Waals surface area contributed by atoms with Gasteiger partial charge < -0.3 is 82.1 Å². The summed E-state index contributed by atoms with van der Waals surface area (Å²) in [7, 11) is 0. The normalized spacial score (nSPS) is 14.9. The number of fused-ring (bicyclic) bond motifs is 5. The van der Waals surface area contributed by atoms with E-state index in [1.54, 1.807) is 6.08 Å². The molecule has 1 saturated heterocycles. The molecule has 0 spiro atoms. The van der Waals surface area contributed by atoms with E-state index in [0.29, 0.717) is 96.4 Å². The lowest BCUT2D eigenvalue weighted by atomic mass is 9.89. The number of ether oxygens (including phenoxy) is 7. The number of hydrogen-bond donors (Lipinski definition) is 0. The van der Waals surface area contributed by atoms with E-state index < -0.39 is 49.3 Å². The first kappa shape index (κ1) is 56.3. The fraction of sp³-hybridized carbons (Fsp3) is 0.345. The zero-order chi connectivity index (χ0) is 55.4. The van der Waals surface area contributed by atoms with Crippen LogP contribution in [0.1, 0.15) is 72.6 Å². The summed E-state index contributed by atoms with van der Waals surface area (Å²) in [6.45, 7) is 10.0. The summed E-state index contributed by atoms with van der Waals surface area (Å²) in [5, 5.41) is 53.8. The molecule has 3 aliphatic heterocycles. The summed E-state index contributed by atoms with van der Waals surface area (Å²) < 4.78 is 43.5. The van der Waals surface area contributed by atoms with Gasteiger partial charge in [-0.25, -0.2) is 9.78 Å². The summed E-state index contributed by atoms with van der Waals surface area (Å²) in [4.78, 5) is 73.2. The summed E-state index contributed by atoms with van der Waals surface area (Å²) in [6.07, 6.45) is 5.42. The molecule has 0 N–H and O–H groups in total. The number of carbonyl (C=O) groups is 5. The van der Waals surface area contributed by atoms with E-state index in [-0.39, 0.29) is 52.3 Å². The summed E-state index contributed by atoms with van der Waals surface area (Å²) in [6, 6.07) is 17.4. The molecular formula is C55H51N3O18S-4. The van der Waals surface area contributed by atoms with Crippen molar-refractivity contribution >= 4 is 63.8 Å². The highest BCUT2D eigenvalue weighted by Crippen LogP contribution is 2.46.